The molecule has 4 aromatic carbocycles. The Morgan fingerprint density at radius 2 is 1.18 bits per heavy atom. The number of rotatable bonds is 6. The third-order valence-electron chi connectivity index (χ3n) is 5.40. The molecule has 0 unspecified atom stereocenters. The molecular weight excluding hydrogens is 507 g/mol. The Balaban J connectivity index is 2.11. The normalized spacial score (nSPS) is 12.5. The van der Waals surface area contributed by atoms with Crippen molar-refractivity contribution in [3.8, 4) is 0 Å². The zero-order valence-corrected chi connectivity index (χ0v) is 22.1. The fraction of sp³-hybridized carbons (Fsp3) is 0.111. The van der Waals surface area contributed by atoms with Gasteiger partial charge in [0.2, 0.25) is 0 Å². The summed E-state index contributed by atoms with van der Waals surface area (Å²) in [6.45, 7) is 6.01. The second-order valence-corrected chi connectivity index (χ2v) is 13.2. The second-order valence-electron chi connectivity index (χ2n) is 8.01. The summed E-state index contributed by atoms with van der Waals surface area (Å²) in [5.74, 6) is 0. The van der Waals surface area contributed by atoms with Crippen LogP contribution in [-0.2, 0) is 13.7 Å². The molecule has 7 heteroatoms. The molecule has 0 atom stereocenters. The van der Waals surface area contributed by atoms with Crippen molar-refractivity contribution in [1.29, 1.82) is 0 Å². The smallest absolute Gasteiger partial charge is 0.203 e. The number of benzene rings is 4. The summed E-state index contributed by atoms with van der Waals surface area (Å²) in [5, 5.41) is 0.311. The molecule has 0 saturated carbocycles. The van der Waals surface area contributed by atoms with Crippen LogP contribution < -0.4 is 0 Å². The molecule has 4 aromatic rings. The molecule has 0 saturated heterocycles. The summed E-state index contributed by atoms with van der Waals surface area (Å²) >= 11 is 12.5. The summed E-state index contributed by atoms with van der Waals surface area (Å²) < 4.78 is 34.2. The summed E-state index contributed by atoms with van der Waals surface area (Å²) in [6, 6.07) is 27.5. The first kappa shape index (κ1) is 24.8. The number of halogens is 2. The van der Waals surface area contributed by atoms with Crippen LogP contribution in [0.5, 0.6) is 0 Å². The average Bonchev–Trinajstić information content (AvgIpc) is 2.80. The molecular formula is C27H24Cl2O3S2. The topological polar surface area (TPSA) is 43.4 Å². The molecule has 0 amide bonds. The molecule has 0 N–H and O–H groups in total. The highest BCUT2D eigenvalue weighted by Crippen LogP contribution is 2.71. The van der Waals surface area contributed by atoms with Gasteiger partial charge < -0.3 is 0 Å². The van der Waals surface area contributed by atoms with Crippen LogP contribution in [0, 0.1) is 20.8 Å². The van der Waals surface area contributed by atoms with Crippen LogP contribution in [0.15, 0.2) is 111 Å². The summed E-state index contributed by atoms with van der Waals surface area (Å²) in [6.07, 6.45) is 0. The van der Waals surface area contributed by atoms with E-state index in [0.717, 1.165) is 31.4 Å². The molecule has 0 bridgehead atoms. The van der Waals surface area contributed by atoms with E-state index < -0.39 is 20.4 Å². The first-order valence-electron chi connectivity index (χ1n) is 10.6. The molecule has 0 radical (unpaired) electrons. The van der Waals surface area contributed by atoms with E-state index in [-0.39, 0.29) is 14.9 Å². The number of hydrogen-bond donors (Lipinski definition) is 0. The molecule has 3 nitrogen and oxygen atoms in total. The van der Waals surface area contributed by atoms with Gasteiger partial charge in [-0.25, -0.2) is 3.63 Å². The van der Waals surface area contributed by atoms with Crippen molar-refractivity contribution >= 4 is 43.6 Å². The molecule has 0 spiro atoms. The average molecular weight is 532 g/mol. The molecule has 0 aromatic heterocycles. The van der Waals surface area contributed by atoms with E-state index in [9.17, 15) is 8.42 Å². The van der Waals surface area contributed by atoms with Crippen LogP contribution in [0.4, 0.5) is 0 Å². The highest BCUT2D eigenvalue weighted by molar-refractivity contribution is 8.33. The first-order valence-corrected chi connectivity index (χ1v) is 14.3. The minimum absolute atomic E-state index is 0.0520. The third kappa shape index (κ3) is 4.64. The van der Waals surface area contributed by atoms with Crippen LogP contribution in [0.3, 0.4) is 0 Å². The van der Waals surface area contributed by atoms with Gasteiger partial charge in [-0.15, -0.1) is 0 Å². The van der Waals surface area contributed by atoms with Gasteiger partial charge in [-0.2, -0.15) is 8.42 Å². The Hall–Kier alpha value is -2.28. The maximum atomic E-state index is 13.9. The first-order chi connectivity index (χ1) is 16.1. The van der Waals surface area contributed by atoms with Crippen molar-refractivity contribution in [2.24, 2.45) is 0 Å². The van der Waals surface area contributed by atoms with E-state index in [0.29, 0.717) is 0 Å². The van der Waals surface area contributed by atoms with Crippen molar-refractivity contribution in [3.05, 3.63) is 118 Å². The highest BCUT2D eigenvalue weighted by atomic mass is 35.5. The predicted molar refractivity (Wildman–Crippen MR) is 141 cm³/mol. The van der Waals surface area contributed by atoms with Gasteiger partial charge in [-0.3, -0.25) is 0 Å². The fourth-order valence-corrected chi connectivity index (χ4v) is 10.5. The maximum Gasteiger partial charge on any atom is 0.308 e. The second kappa shape index (κ2) is 9.76. The lowest BCUT2D eigenvalue weighted by atomic mass is 10.1. The van der Waals surface area contributed by atoms with Gasteiger partial charge in [0.05, 0.1) is 5.02 Å². The Morgan fingerprint density at radius 3 is 1.68 bits per heavy atom. The van der Waals surface area contributed by atoms with Crippen molar-refractivity contribution in [1.82, 2.24) is 0 Å². The Morgan fingerprint density at radius 1 is 0.676 bits per heavy atom. The van der Waals surface area contributed by atoms with E-state index in [2.05, 4.69) is 12.1 Å². The Kier molecular flexibility index (Phi) is 7.13. The van der Waals surface area contributed by atoms with Crippen molar-refractivity contribution in [2.45, 2.75) is 40.4 Å². The zero-order chi connectivity index (χ0) is 24.5. The molecule has 4 rings (SSSR count). The molecule has 176 valence electrons. The molecule has 0 aliphatic rings. The van der Waals surface area contributed by atoms with Gasteiger partial charge >= 0.3 is 10.1 Å². The van der Waals surface area contributed by atoms with E-state index >= 15 is 0 Å². The lowest BCUT2D eigenvalue weighted by molar-refractivity contribution is 0.508. The highest BCUT2D eigenvalue weighted by Gasteiger charge is 2.40. The number of aryl methyl sites for hydroxylation is 3. The van der Waals surface area contributed by atoms with E-state index in [1.54, 1.807) is 6.07 Å². The van der Waals surface area contributed by atoms with Gasteiger partial charge in [-0.1, -0.05) is 77.3 Å². The van der Waals surface area contributed by atoms with Crippen LogP contribution in [0.1, 0.15) is 16.7 Å². The molecule has 0 heterocycles. The van der Waals surface area contributed by atoms with Gasteiger partial charge in [0.1, 0.15) is 4.90 Å². The lowest BCUT2D eigenvalue weighted by Crippen LogP contribution is -2.16. The largest absolute Gasteiger partial charge is 0.308 e. The SMILES string of the molecule is Cc1cc(C)c(S(OS(=O)(=O)c2cc(Cl)ccc2Cl)(c2ccccc2)c2ccccc2)c(C)c1. The maximum absolute atomic E-state index is 13.9. The van der Waals surface area contributed by atoms with Gasteiger partial charge in [0, 0.05) is 19.7 Å². The zero-order valence-electron chi connectivity index (χ0n) is 19.0. The van der Waals surface area contributed by atoms with Crippen LogP contribution in [0.2, 0.25) is 10.0 Å². The van der Waals surface area contributed by atoms with Crippen LogP contribution in [0.25, 0.3) is 0 Å². The predicted octanol–water partition coefficient (Wildman–Crippen LogP) is 8.52. The standard InChI is InChI=1S/C27H24Cl2O3S2/c1-19-16-20(2)27(21(3)17-19)33(23-10-6-4-7-11-23,24-12-8-5-9-13-24)32-34(30,31)26-18-22(28)14-15-25(26)29/h4-18H,1-3H3. The lowest BCUT2D eigenvalue weighted by Gasteiger charge is -2.41. The molecule has 0 fully saturated rings. The fourth-order valence-electron chi connectivity index (χ4n) is 4.17. The summed E-state index contributed by atoms with van der Waals surface area (Å²) in [5.41, 5.74) is 2.99. The molecule has 0 aliphatic carbocycles. The third-order valence-corrected chi connectivity index (χ3v) is 11.6. The van der Waals surface area contributed by atoms with E-state index in [1.807, 2.05) is 81.4 Å². The van der Waals surface area contributed by atoms with Crippen molar-refractivity contribution in [2.75, 3.05) is 0 Å². The van der Waals surface area contributed by atoms with Crippen LogP contribution >= 0.6 is 33.5 Å². The van der Waals surface area contributed by atoms with Gasteiger partial charge in [-0.05, 0) is 84.7 Å². The minimum atomic E-state index is -4.34. The van der Waals surface area contributed by atoms with Gasteiger partial charge in [0.15, 0.2) is 0 Å². The van der Waals surface area contributed by atoms with E-state index in [1.165, 1.54) is 12.1 Å². The van der Waals surface area contributed by atoms with Crippen LogP contribution in [-0.4, -0.2) is 8.42 Å². The number of hydrogen-bond acceptors (Lipinski definition) is 3. The quantitative estimate of drug-likeness (QED) is 0.251. The monoisotopic (exact) mass is 530 g/mol. The molecule has 34 heavy (non-hydrogen) atoms. The Bertz CT molecular complexity index is 1380. The van der Waals surface area contributed by atoms with E-state index in [4.69, 9.17) is 26.8 Å². The minimum Gasteiger partial charge on any atom is -0.203 e. The summed E-state index contributed by atoms with van der Waals surface area (Å²) in [7, 11) is -7.07. The van der Waals surface area contributed by atoms with Gasteiger partial charge in [0.25, 0.3) is 0 Å². The summed E-state index contributed by atoms with van der Waals surface area (Å²) in [4.78, 5) is 2.21. The Labute approximate surface area is 213 Å². The van der Waals surface area contributed by atoms with Crippen molar-refractivity contribution in [3.63, 3.8) is 0 Å². The van der Waals surface area contributed by atoms with Crippen molar-refractivity contribution < 1.29 is 12.0 Å². The molecule has 0 aliphatic heterocycles.